The van der Waals surface area contributed by atoms with Gasteiger partial charge in [-0.1, -0.05) is 0 Å². The molecule has 31 heavy (non-hydrogen) atoms. The van der Waals surface area contributed by atoms with Crippen LogP contribution in [0.2, 0.25) is 0 Å². The smallest absolute Gasteiger partial charge is 0.414 e. The molecule has 4 rings (SSSR count). The topological polar surface area (TPSA) is 108 Å². The van der Waals surface area contributed by atoms with Gasteiger partial charge >= 0.3 is 6.09 Å². The lowest BCUT2D eigenvalue weighted by molar-refractivity contribution is 0.0584. The zero-order valence-corrected chi connectivity index (χ0v) is 18.0. The molecule has 2 aromatic heterocycles. The molecule has 1 amide bonds. The molecule has 0 unspecified atom stereocenters. The number of benzene rings is 1. The number of rotatable bonds is 4. The third-order valence-corrected chi connectivity index (χ3v) is 5.03. The molecule has 1 aliphatic rings. The second-order valence-corrected chi connectivity index (χ2v) is 8.33. The van der Waals surface area contributed by atoms with Crippen molar-refractivity contribution in [2.75, 3.05) is 30.9 Å². The van der Waals surface area contributed by atoms with E-state index in [1.54, 1.807) is 44.7 Å². The number of hydrogen-bond donors (Lipinski definition) is 1. The van der Waals surface area contributed by atoms with E-state index in [-0.39, 0.29) is 11.4 Å². The molecule has 3 heterocycles. The zero-order valence-electron chi connectivity index (χ0n) is 18.0. The molecule has 9 nitrogen and oxygen atoms in total. The van der Waals surface area contributed by atoms with E-state index in [0.29, 0.717) is 54.1 Å². The first-order valence-electron chi connectivity index (χ1n) is 9.99. The summed E-state index contributed by atoms with van der Waals surface area (Å²) in [5.41, 5.74) is 7.56. The van der Waals surface area contributed by atoms with E-state index in [2.05, 4.69) is 15.1 Å². The third kappa shape index (κ3) is 3.78. The number of carbonyl (C=O) groups is 1. The van der Waals surface area contributed by atoms with Crippen molar-refractivity contribution in [2.45, 2.75) is 39.3 Å². The van der Waals surface area contributed by atoms with Gasteiger partial charge in [-0.2, -0.15) is 5.10 Å². The predicted octanol–water partition coefficient (Wildman–Crippen LogP) is 3.16. The third-order valence-electron chi connectivity index (χ3n) is 5.03. The number of ether oxygens (including phenoxy) is 2. The number of hydrogen-bond acceptors (Lipinski definition) is 7. The van der Waals surface area contributed by atoms with Crippen molar-refractivity contribution < 1.29 is 18.7 Å². The summed E-state index contributed by atoms with van der Waals surface area (Å²) in [7, 11) is 1.59. The summed E-state index contributed by atoms with van der Waals surface area (Å²) in [6.45, 7) is 6.58. The number of fused-ring (bicyclic) bond motifs is 2. The zero-order chi connectivity index (χ0) is 22.3. The van der Waals surface area contributed by atoms with Crippen molar-refractivity contribution >= 4 is 28.6 Å². The van der Waals surface area contributed by atoms with Crippen molar-refractivity contribution in [2.24, 2.45) is 0 Å². The molecule has 164 valence electrons. The van der Waals surface area contributed by atoms with Crippen LogP contribution in [0.25, 0.3) is 22.3 Å². The average Bonchev–Trinajstić information content (AvgIpc) is 3.28. The van der Waals surface area contributed by atoms with E-state index in [9.17, 15) is 4.79 Å². The first kappa shape index (κ1) is 21.0. The standard InChI is InChI=1S/C21H25FN6O3/c1-21(2,3)31-20(29)27-8-7-12-14(27)6-5-13(16(12)22)17-15-18(23)24-11-25-19(15)28(26-17)9-10-30-4/h5-6,11H,7-10H2,1-4H3,(H2,23,24,25). The van der Waals surface area contributed by atoms with E-state index >= 15 is 4.39 Å². The van der Waals surface area contributed by atoms with Crippen LogP contribution < -0.4 is 10.6 Å². The molecular weight excluding hydrogens is 403 g/mol. The SMILES string of the molecule is COCCn1nc(-c2ccc3c(c2F)CCN3C(=O)OC(C)(C)C)c2c(N)ncnc21. The Morgan fingerprint density at radius 3 is 2.77 bits per heavy atom. The molecule has 2 N–H and O–H groups in total. The minimum absolute atomic E-state index is 0.221. The lowest BCUT2D eigenvalue weighted by Crippen LogP contribution is -2.35. The number of nitrogens with zero attached hydrogens (tertiary/aromatic N) is 5. The Labute approximate surface area is 179 Å². The fourth-order valence-electron chi connectivity index (χ4n) is 3.69. The molecule has 0 bridgehead atoms. The van der Waals surface area contributed by atoms with Gasteiger partial charge in [0.1, 0.15) is 29.3 Å². The van der Waals surface area contributed by atoms with E-state index in [1.165, 1.54) is 11.2 Å². The largest absolute Gasteiger partial charge is 0.443 e. The highest BCUT2D eigenvalue weighted by Crippen LogP contribution is 2.38. The Kier molecular flexibility index (Phi) is 5.26. The Morgan fingerprint density at radius 1 is 1.29 bits per heavy atom. The number of nitrogens with two attached hydrogens (primary N) is 1. The molecule has 0 spiro atoms. The summed E-state index contributed by atoms with van der Waals surface area (Å²) in [4.78, 5) is 22.3. The highest BCUT2D eigenvalue weighted by molar-refractivity contribution is 5.99. The van der Waals surface area contributed by atoms with Gasteiger partial charge in [0.25, 0.3) is 0 Å². The Balaban J connectivity index is 1.78. The highest BCUT2D eigenvalue weighted by Gasteiger charge is 2.32. The number of carbonyl (C=O) groups excluding carboxylic acids is 1. The Bertz CT molecular complexity index is 1150. The van der Waals surface area contributed by atoms with Crippen LogP contribution in [0.1, 0.15) is 26.3 Å². The molecule has 0 saturated carbocycles. The van der Waals surface area contributed by atoms with Crippen LogP contribution in [0, 0.1) is 5.82 Å². The summed E-state index contributed by atoms with van der Waals surface area (Å²) in [6.07, 6.45) is 1.23. The maximum absolute atomic E-state index is 15.6. The van der Waals surface area contributed by atoms with Crippen molar-refractivity contribution in [3.63, 3.8) is 0 Å². The van der Waals surface area contributed by atoms with Crippen LogP contribution in [0.4, 0.5) is 20.7 Å². The Hall–Kier alpha value is -3.27. The van der Waals surface area contributed by atoms with Crippen LogP contribution in [0.3, 0.4) is 0 Å². The number of methoxy groups -OCH3 is 1. The predicted molar refractivity (Wildman–Crippen MR) is 114 cm³/mol. The molecule has 0 atom stereocenters. The lowest BCUT2D eigenvalue weighted by atomic mass is 10.0. The van der Waals surface area contributed by atoms with E-state index in [0.717, 1.165) is 0 Å². The fourth-order valence-corrected chi connectivity index (χ4v) is 3.69. The van der Waals surface area contributed by atoms with Crippen LogP contribution in [-0.2, 0) is 22.4 Å². The summed E-state index contributed by atoms with van der Waals surface area (Å²) in [5, 5.41) is 5.04. The lowest BCUT2D eigenvalue weighted by Gasteiger charge is -2.24. The van der Waals surface area contributed by atoms with Crippen molar-refractivity contribution in [1.29, 1.82) is 0 Å². The molecule has 0 saturated heterocycles. The maximum Gasteiger partial charge on any atom is 0.414 e. The number of halogens is 1. The van der Waals surface area contributed by atoms with Gasteiger partial charge in [-0.05, 0) is 39.3 Å². The van der Waals surface area contributed by atoms with Gasteiger partial charge < -0.3 is 15.2 Å². The number of aromatic nitrogens is 4. The number of amides is 1. The number of anilines is 2. The Morgan fingerprint density at radius 2 is 2.06 bits per heavy atom. The summed E-state index contributed by atoms with van der Waals surface area (Å²) in [5.74, 6) is -0.218. The molecule has 1 aliphatic heterocycles. The molecule has 0 fully saturated rings. The van der Waals surface area contributed by atoms with E-state index < -0.39 is 17.5 Å². The monoisotopic (exact) mass is 428 g/mol. The van der Waals surface area contributed by atoms with Crippen molar-refractivity contribution in [3.8, 4) is 11.3 Å². The molecule has 10 heteroatoms. The van der Waals surface area contributed by atoms with Gasteiger partial charge in [-0.25, -0.2) is 23.8 Å². The molecule has 1 aromatic carbocycles. The normalized spacial score (nSPS) is 13.6. The van der Waals surface area contributed by atoms with Crippen LogP contribution in [0.15, 0.2) is 18.5 Å². The van der Waals surface area contributed by atoms with E-state index in [1.807, 2.05) is 0 Å². The van der Waals surface area contributed by atoms with Crippen LogP contribution in [-0.4, -0.2) is 51.7 Å². The van der Waals surface area contributed by atoms with Crippen LogP contribution >= 0.6 is 0 Å². The minimum Gasteiger partial charge on any atom is -0.443 e. The average molecular weight is 428 g/mol. The maximum atomic E-state index is 15.6. The second-order valence-electron chi connectivity index (χ2n) is 8.33. The first-order valence-corrected chi connectivity index (χ1v) is 9.99. The summed E-state index contributed by atoms with van der Waals surface area (Å²) >= 11 is 0. The van der Waals surface area contributed by atoms with Gasteiger partial charge in [-0.3, -0.25) is 4.90 Å². The minimum atomic E-state index is -0.635. The van der Waals surface area contributed by atoms with Crippen LogP contribution in [0.5, 0.6) is 0 Å². The van der Waals surface area contributed by atoms with Crippen molar-refractivity contribution in [3.05, 3.63) is 29.8 Å². The second kappa shape index (κ2) is 7.77. The van der Waals surface area contributed by atoms with Gasteiger partial charge in [-0.15, -0.1) is 0 Å². The van der Waals surface area contributed by atoms with Gasteiger partial charge in [0, 0.05) is 24.8 Å². The number of nitrogen functional groups attached to an aromatic ring is 1. The molecular formula is C21H25FN6O3. The van der Waals surface area contributed by atoms with E-state index in [4.69, 9.17) is 15.2 Å². The van der Waals surface area contributed by atoms with Gasteiger partial charge in [0.15, 0.2) is 5.65 Å². The quantitative estimate of drug-likeness (QED) is 0.680. The van der Waals surface area contributed by atoms with Crippen molar-refractivity contribution in [1.82, 2.24) is 19.7 Å². The molecule has 0 aliphatic carbocycles. The summed E-state index contributed by atoms with van der Waals surface area (Å²) < 4.78 is 27.8. The molecule has 3 aromatic rings. The fraction of sp³-hybridized carbons (Fsp3) is 0.429. The molecule has 0 radical (unpaired) electrons. The van der Waals surface area contributed by atoms with Gasteiger partial charge in [0.2, 0.25) is 0 Å². The first-order chi connectivity index (χ1) is 14.7. The van der Waals surface area contributed by atoms with Gasteiger partial charge in [0.05, 0.1) is 24.2 Å². The summed E-state index contributed by atoms with van der Waals surface area (Å²) in [6, 6.07) is 3.32. The highest BCUT2D eigenvalue weighted by atomic mass is 19.1.